The van der Waals surface area contributed by atoms with Crippen molar-refractivity contribution in [3.63, 3.8) is 0 Å². The molecule has 0 aromatic carbocycles. The molecule has 0 spiro atoms. The lowest BCUT2D eigenvalue weighted by molar-refractivity contribution is -0.139. The van der Waals surface area contributed by atoms with E-state index in [0.717, 1.165) is 5.69 Å². The lowest BCUT2D eigenvalue weighted by Crippen LogP contribution is -2.44. The van der Waals surface area contributed by atoms with E-state index in [1.807, 2.05) is 11.0 Å². The van der Waals surface area contributed by atoms with Gasteiger partial charge in [0.05, 0.1) is 25.1 Å². The number of carboxylic acid groups (broad SMARTS) is 2. The van der Waals surface area contributed by atoms with E-state index in [1.165, 1.54) is 6.66 Å². The molecule has 0 radical (unpaired) electrons. The molecule has 2 rings (SSSR count). The van der Waals surface area contributed by atoms with Gasteiger partial charge in [0.15, 0.2) is 0 Å². The molecule has 1 aliphatic heterocycles. The van der Waals surface area contributed by atoms with E-state index in [2.05, 4.69) is 4.98 Å². The number of hydrogen-bond donors (Lipinski definition) is 3. The van der Waals surface area contributed by atoms with Crippen LogP contribution >= 0.6 is 19.0 Å². The maximum Gasteiger partial charge on any atom is 0.323 e. The Morgan fingerprint density at radius 3 is 2.18 bits per heavy atom. The van der Waals surface area contributed by atoms with E-state index in [9.17, 15) is 29.3 Å². The molecule has 1 aromatic rings. The average molecular weight is 504 g/mol. The Morgan fingerprint density at radius 2 is 1.55 bits per heavy atom. The summed E-state index contributed by atoms with van der Waals surface area (Å²) < 4.78 is 12.0. The van der Waals surface area contributed by atoms with Crippen LogP contribution in [-0.4, -0.2) is 117 Å². The lowest BCUT2D eigenvalue weighted by Gasteiger charge is -2.32. The number of carbonyl (C=O) groups is 2. The van der Waals surface area contributed by atoms with Crippen LogP contribution in [0.25, 0.3) is 0 Å². The van der Waals surface area contributed by atoms with Crippen molar-refractivity contribution in [2.75, 3.05) is 65.3 Å². The zero-order valence-electron chi connectivity index (χ0n) is 18.6. The number of hydrogen-bond acceptors (Lipinski definition) is 8. The van der Waals surface area contributed by atoms with Gasteiger partial charge in [-0.3, -0.25) is 24.0 Å². The Hall–Kier alpha value is -2.17. The molecule has 1 aromatic heterocycles. The molecule has 33 heavy (non-hydrogen) atoms. The minimum absolute atomic E-state index is 0.0505. The number of pyridine rings is 1. The van der Waals surface area contributed by atoms with E-state index >= 15 is 0 Å². The summed E-state index contributed by atoms with van der Waals surface area (Å²) in [4.78, 5) is 43.9. The lowest BCUT2D eigenvalue weighted by atomic mass is 10.3. The van der Waals surface area contributed by atoms with Gasteiger partial charge in [0.1, 0.15) is 11.7 Å². The number of rotatable bonds is 8. The molecule has 184 valence electrons. The number of aromatic nitrogens is 1. The van der Waals surface area contributed by atoms with E-state index in [4.69, 9.17) is 11.6 Å². The maximum absolute atomic E-state index is 12.0. The van der Waals surface area contributed by atoms with Crippen molar-refractivity contribution < 1.29 is 29.3 Å². The number of carboxylic acids is 2. The number of nitrogens with zero attached hydrogens (tertiary/aromatic N) is 5. The van der Waals surface area contributed by atoms with Gasteiger partial charge >= 0.3 is 11.9 Å². The van der Waals surface area contributed by atoms with Crippen molar-refractivity contribution in [3.05, 3.63) is 41.4 Å². The Balaban J connectivity index is 2.26. The molecule has 13 heteroatoms. The highest BCUT2D eigenvalue weighted by atomic mass is 35.5. The van der Waals surface area contributed by atoms with E-state index < -0.39 is 19.3 Å². The highest BCUT2D eigenvalue weighted by Crippen LogP contribution is 2.35. The third-order valence-corrected chi connectivity index (χ3v) is 6.06. The molecule has 3 N–H and O–H groups in total. The molecule has 1 unspecified atom stereocenters. The molecule has 0 amide bonds. The zero-order valence-corrected chi connectivity index (χ0v) is 20.2. The Labute approximate surface area is 198 Å². The molecule has 0 aliphatic carbocycles. The van der Waals surface area contributed by atoms with E-state index in [0.29, 0.717) is 51.0 Å². The second kappa shape index (κ2) is 12.9. The van der Waals surface area contributed by atoms with Crippen LogP contribution in [0, 0.1) is 0 Å². The van der Waals surface area contributed by atoms with Gasteiger partial charge in [-0.15, -0.1) is 0 Å². The standard InChI is InChI=1S/C20H31ClN5O6P/c1-33(31,32)16-26-11-9-24(14-19(27)28)7-5-23(13-17-3-2-4-18(21)22-17)6-8-25(10-12-26)15-20(29)30/h2-5,7H,6,8-16H2,1H3,(H,27,28)(H,29,30)(H,31,32)/b7-5-. The van der Waals surface area contributed by atoms with Gasteiger partial charge < -0.3 is 24.9 Å². The van der Waals surface area contributed by atoms with Crippen LogP contribution < -0.4 is 0 Å². The molecule has 0 saturated heterocycles. The molecular weight excluding hydrogens is 473 g/mol. The summed E-state index contributed by atoms with van der Waals surface area (Å²) in [5.41, 5.74) is 0.724. The first kappa shape index (κ1) is 27.1. The summed E-state index contributed by atoms with van der Waals surface area (Å²) in [6.45, 7) is 3.64. The molecule has 1 atom stereocenters. The van der Waals surface area contributed by atoms with Gasteiger partial charge in [-0.05, 0) is 12.1 Å². The SMILES string of the molecule is CP(=O)(O)CN1CCN(CC(=O)O)/C=C\N(Cc2cccc(Cl)n2)CCN(CC(=O)O)CC1. The molecule has 1 aliphatic rings. The van der Waals surface area contributed by atoms with Crippen LogP contribution in [0.2, 0.25) is 5.15 Å². The van der Waals surface area contributed by atoms with Gasteiger partial charge in [0.2, 0.25) is 7.37 Å². The molecular formula is C20H31ClN5O6P. The highest BCUT2D eigenvalue weighted by molar-refractivity contribution is 7.57. The van der Waals surface area contributed by atoms with E-state index in [-0.39, 0.29) is 19.4 Å². The smallest absolute Gasteiger partial charge is 0.323 e. The molecule has 2 heterocycles. The Bertz CT molecular complexity index is 882. The number of halogens is 1. The normalized spacial score (nSPS) is 19.8. The Morgan fingerprint density at radius 1 is 0.970 bits per heavy atom. The van der Waals surface area contributed by atoms with Gasteiger partial charge in [0, 0.05) is 58.3 Å². The first-order chi connectivity index (χ1) is 15.5. The van der Waals surface area contributed by atoms with Crippen molar-refractivity contribution in [1.29, 1.82) is 0 Å². The summed E-state index contributed by atoms with van der Waals surface area (Å²) in [5.74, 6) is -1.94. The summed E-state index contributed by atoms with van der Waals surface area (Å²) in [5, 5.41) is 18.9. The summed E-state index contributed by atoms with van der Waals surface area (Å²) >= 11 is 5.99. The fraction of sp³-hybridized carbons (Fsp3) is 0.550. The molecule has 0 saturated carbocycles. The second-order valence-electron chi connectivity index (χ2n) is 8.06. The van der Waals surface area contributed by atoms with Crippen molar-refractivity contribution in [1.82, 2.24) is 24.6 Å². The van der Waals surface area contributed by atoms with Crippen LogP contribution in [0.4, 0.5) is 0 Å². The molecule has 0 bridgehead atoms. The summed E-state index contributed by atoms with van der Waals surface area (Å²) in [6.07, 6.45) is 3.38. The summed E-state index contributed by atoms with van der Waals surface area (Å²) in [7, 11) is -3.35. The molecule has 11 nitrogen and oxygen atoms in total. The fourth-order valence-corrected chi connectivity index (χ4v) is 4.64. The van der Waals surface area contributed by atoms with Crippen molar-refractivity contribution in [3.8, 4) is 0 Å². The third kappa shape index (κ3) is 11.5. The van der Waals surface area contributed by atoms with E-state index in [1.54, 1.807) is 39.2 Å². The van der Waals surface area contributed by atoms with Gasteiger partial charge in [-0.25, -0.2) is 4.98 Å². The van der Waals surface area contributed by atoms with Crippen LogP contribution in [0.5, 0.6) is 0 Å². The third-order valence-electron chi connectivity index (χ3n) is 4.93. The van der Waals surface area contributed by atoms with Crippen molar-refractivity contribution >= 4 is 30.9 Å². The van der Waals surface area contributed by atoms with Crippen molar-refractivity contribution in [2.45, 2.75) is 6.54 Å². The largest absolute Gasteiger partial charge is 0.480 e. The quantitative estimate of drug-likeness (QED) is 0.345. The monoisotopic (exact) mass is 503 g/mol. The van der Waals surface area contributed by atoms with Crippen LogP contribution in [-0.2, 0) is 20.7 Å². The summed E-state index contributed by atoms with van der Waals surface area (Å²) in [6, 6.07) is 5.30. The van der Waals surface area contributed by atoms with Crippen LogP contribution in [0.1, 0.15) is 5.69 Å². The number of aliphatic carboxylic acids is 2. The fourth-order valence-electron chi connectivity index (χ4n) is 3.43. The van der Waals surface area contributed by atoms with Gasteiger partial charge in [-0.1, -0.05) is 17.7 Å². The zero-order chi connectivity index (χ0) is 24.4. The van der Waals surface area contributed by atoms with Crippen LogP contribution in [0.3, 0.4) is 0 Å². The second-order valence-corrected chi connectivity index (χ2v) is 10.8. The van der Waals surface area contributed by atoms with Gasteiger partial charge in [-0.2, -0.15) is 0 Å². The predicted molar refractivity (Wildman–Crippen MR) is 124 cm³/mol. The van der Waals surface area contributed by atoms with Crippen LogP contribution in [0.15, 0.2) is 30.6 Å². The predicted octanol–water partition coefficient (Wildman–Crippen LogP) is 0.955. The molecule has 0 fully saturated rings. The minimum atomic E-state index is -3.35. The van der Waals surface area contributed by atoms with Gasteiger partial charge in [0.25, 0.3) is 0 Å². The maximum atomic E-state index is 12.0. The Kier molecular flexibility index (Phi) is 10.6. The highest BCUT2D eigenvalue weighted by Gasteiger charge is 2.20. The topological polar surface area (TPSA) is 138 Å². The first-order valence-electron chi connectivity index (χ1n) is 10.5. The first-order valence-corrected chi connectivity index (χ1v) is 13.1. The van der Waals surface area contributed by atoms with Crippen molar-refractivity contribution in [2.24, 2.45) is 0 Å². The minimum Gasteiger partial charge on any atom is -0.480 e. The average Bonchev–Trinajstić information content (AvgIpc) is 2.68.